The van der Waals surface area contributed by atoms with E-state index in [4.69, 9.17) is 11.5 Å². The molecule has 0 aromatic heterocycles. The molecule has 1 fully saturated rings. The number of nitrogens with one attached hydrogen (secondary N) is 5. The van der Waals surface area contributed by atoms with Gasteiger partial charge in [0.05, 0.1) is 19.0 Å². The van der Waals surface area contributed by atoms with E-state index >= 15 is 0 Å². The average molecular weight is 561 g/mol. The van der Waals surface area contributed by atoms with E-state index in [0.717, 1.165) is 5.56 Å². The molecule has 40 heavy (non-hydrogen) atoms. The Kier molecular flexibility index (Phi) is 12.8. The van der Waals surface area contributed by atoms with E-state index in [1.54, 1.807) is 0 Å². The first-order chi connectivity index (χ1) is 19.0. The molecular weight excluding hydrogens is 520 g/mol. The molecule has 0 spiro atoms. The number of nitrogens with two attached hydrogens (primary N) is 2. The number of hydrogen-bond acceptors (Lipinski definition) is 7. The Morgan fingerprint density at radius 2 is 1.70 bits per heavy atom. The quantitative estimate of drug-likeness (QED) is 0.0943. The average Bonchev–Trinajstić information content (AvgIpc) is 2.88. The Morgan fingerprint density at radius 3 is 2.33 bits per heavy atom. The van der Waals surface area contributed by atoms with Crippen LogP contribution < -0.4 is 38.1 Å². The van der Waals surface area contributed by atoms with Gasteiger partial charge in [-0.15, -0.1) is 0 Å². The lowest BCUT2D eigenvalue weighted by Crippen LogP contribution is -2.57. The lowest BCUT2D eigenvalue weighted by atomic mass is 10.0. The first-order valence-corrected chi connectivity index (χ1v) is 13.2. The van der Waals surface area contributed by atoms with E-state index in [0.29, 0.717) is 12.8 Å². The SMILES string of the molecule is CC(C)[C@@H]1NC[C@@H](Cc2ccccc2)NC(=O)[C@H](CC(=O)O)NC(=O)CNC(=O)[C@H](CCCN=C(N)N)NC1=O. The number of nitrogens with zero attached hydrogens (tertiary/aromatic N) is 1. The first kappa shape index (κ1) is 32.0. The fourth-order valence-electron chi connectivity index (χ4n) is 4.23. The summed E-state index contributed by atoms with van der Waals surface area (Å²) < 4.78 is 0. The molecule has 0 bridgehead atoms. The highest BCUT2D eigenvalue weighted by Gasteiger charge is 2.31. The molecule has 1 heterocycles. The molecule has 1 aliphatic heterocycles. The summed E-state index contributed by atoms with van der Waals surface area (Å²) >= 11 is 0. The highest BCUT2D eigenvalue weighted by atomic mass is 16.4. The molecule has 0 saturated carbocycles. The van der Waals surface area contributed by atoms with Crippen molar-refractivity contribution in [2.45, 2.75) is 63.7 Å². The van der Waals surface area contributed by atoms with Crippen LogP contribution in [-0.2, 0) is 30.4 Å². The second-order valence-corrected chi connectivity index (χ2v) is 9.97. The first-order valence-electron chi connectivity index (χ1n) is 13.2. The van der Waals surface area contributed by atoms with E-state index in [2.05, 4.69) is 31.6 Å². The van der Waals surface area contributed by atoms with Crippen molar-refractivity contribution in [1.82, 2.24) is 26.6 Å². The predicted octanol–water partition coefficient (Wildman–Crippen LogP) is -2.04. The van der Waals surface area contributed by atoms with Gasteiger partial charge in [-0.1, -0.05) is 44.2 Å². The fourth-order valence-corrected chi connectivity index (χ4v) is 4.23. The van der Waals surface area contributed by atoms with Crippen molar-refractivity contribution in [1.29, 1.82) is 0 Å². The summed E-state index contributed by atoms with van der Waals surface area (Å²) in [5.74, 6) is -4.05. The van der Waals surface area contributed by atoms with Crippen LogP contribution in [0.15, 0.2) is 35.3 Å². The standard InChI is InChI=1S/C26H40N8O6/c1-15(2)22-25(40)34-18(9-6-10-29-26(27)28)23(38)31-14-20(35)33-19(12-21(36)37)24(39)32-17(13-30-22)11-16-7-4-3-5-8-16/h3-5,7-8,15,17-19,22,30H,6,9-14H2,1-2H3,(H,31,38)(H,32,39)(H,33,35)(H,34,40)(H,36,37)(H4,27,28,29)/t17-,18+,19+,22+/m1/s1. The second kappa shape index (κ2) is 16.0. The van der Waals surface area contributed by atoms with Crippen LogP contribution in [0.4, 0.5) is 0 Å². The summed E-state index contributed by atoms with van der Waals surface area (Å²) in [5, 5.41) is 22.9. The largest absolute Gasteiger partial charge is 0.481 e. The Hall–Kier alpha value is -4.20. The molecule has 10 N–H and O–H groups in total. The maximum absolute atomic E-state index is 13.3. The number of hydrogen-bond donors (Lipinski definition) is 8. The van der Waals surface area contributed by atoms with E-state index in [1.807, 2.05) is 44.2 Å². The topological polar surface area (TPSA) is 230 Å². The van der Waals surface area contributed by atoms with Gasteiger partial charge in [0.15, 0.2) is 5.96 Å². The van der Waals surface area contributed by atoms with Crippen molar-refractivity contribution in [3.05, 3.63) is 35.9 Å². The highest BCUT2D eigenvalue weighted by Crippen LogP contribution is 2.08. The van der Waals surface area contributed by atoms with Crippen LogP contribution in [-0.4, -0.2) is 84.5 Å². The van der Waals surface area contributed by atoms with Crippen LogP contribution in [0.2, 0.25) is 0 Å². The molecule has 220 valence electrons. The minimum atomic E-state index is -1.37. The van der Waals surface area contributed by atoms with Gasteiger partial charge in [0.25, 0.3) is 0 Å². The second-order valence-electron chi connectivity index (χ2n) is 9.97. The summed E-state index contributed by atoms with van der Waals surface area (Å²) in [6.45, 7) is 3.55. The normalized spacial score (nSPS) is 23.1. The molecule has 14 heteroatoms. The summed E-state index contributed by atoms with van der Waals surface area (Å²) in [6.07, 6.45) is 0.298. The van der Waals surface area contributed by atoms with Crippen molar-refractivity contribution in [2.75, 3.05) is 19.6 Å². The smallest absolute Gasteiger partial charge is 0.305 e. The number of carbonyl (C=O) groups is 5. The number of guanidine groups is 1. The van der Waals surface area contributed by atoms with Gasteiger partial charge in [-0.05, 0) is 30.7 Å². The number of aliphatic imine (C=N–C) groups is 1. The van der Waals surface area contributed by atoms with Gasteiger partial charge in [-0.3, -0.25) is 29.0 Å². The van der Waals surface area contributed by atoms with Gasteiger partial charge in [-0.25, -0.2) is 0 Å². The number of carbonyl (C=O) groups excluding carboxylic acids is 4. The van der Waals surface area contributed by atoms with Gasteiger partial charge >= 0.3 is 5.97 Å². The van der Waals surface area contributed by atoms with Gasteiger partial charge in [0, 0.05) is 19.1 Å². The third-order valence-electron chi connectivity index (χ3n) is 6.24. The molecule has 4 atom stereocenters. The summed E-state index contributed by atoms with van der Waals surface area (Å²) in [5.41, 5.74) is 11.6. The highest BCUT2D eigenvalue weighted by molar-refractivity contribution is 5.94. The third kappa shape index (κ3) is 11.3. The summed E-state index contributed by atoms with van der Waals surface area (Å²) in [6, 6.07) is 5.71. The lowest BCUT2D eigenvalue weighted by molar-refractivity contribution is -0.141. The van der Waals surface area contributed by atoms with E-state index in [9.17, 15) is 29.1 Å². The molecule has 0 aliphatic carbocycles. The van der Waals surface area contributed by atoms with Crippen LogP contribution in [0.1, 0.15) is 38.7 Å². The van der Waals surface area contributed by atoms with Gasteiger partial charge in [0.1, 0.15) is 12.1 Å². The van der Waals surface area contributed by atoms with E-state index < -0.39 is 66.7 Å². The molecule has 1 aromatic carbocycles. The molecule has 4 amide bonds. The fraction of sp³-hybridized carbons (Fsp3) is 0.538. The third-order valence-corrected chi connectivity index (χ3v) is 6.24. The predicted molar refractivity (Wildman–Crippen MR) is 148 cm³/mol. The zero-order chi connectivity index (χ0) is 29.7. The minimum absolute atomic E-state index is 0.0968. The minimum Gasteiger partial charge on any atom is -0.481 e. The molecule has 1 saturated heterocycles. The maximum Gasteiger partial charge on any atom is 0.305 e. The summed E-state index contributed by atoms with van der Waals surface area (Å²) in [7, 11) is 0. The molecule has 1 aromatic rings. The van der Waals surface area contributed by atoms with Gasteiger partial charge < -0.3 is 43.2 Å². The summed E-state index contributed by atoms with van der Waals surface area (Å²) in [4.78, 5) is 67.3. The molecule has 2 rings (SSSR count). The van der Waals surface area contributed by atoms with Crippen LogP contribution in [0, 0.1) is 5.92 Å². The lowest BCUT2D eigenvalue weighted by Gasteiger charge is -2.28. The van der Waals surface area contributed by atoms with E-state index in [-0.39, 0.29) is 31.4 Å². The van der Waals surface area contributed by atoms with Crippen LogP contribution >= 0.6 is 0 Å². The number of benzene rings is 1. The van der Waals surface area contributed by atoms with Crippen LogP contribution in [0.25, 0.3) is 0 Å². The number of rotatable bonds is 9. The van der Waals surface area contributed by atoms with Crippen molar-refractivity contribution in [3.8, 4) is 0 Å². The molecule has 0 unspecified atom stereocenters. The molecule has 14 nitrogen and oxygen atoms in total. The van der Waals surface area contributed by atoms with Crippen molar-refractivity contribution >= 4 is 35.6 Å². The maximum atomic E-state index is 13.3. The number of carboxylic acid groups (broad SMARTS) is 1. The molecular formula is C26H40N8O6. The zero-order valence-electron chi connectivity index (χ0n) is 22.8. The van der Waals surface area contributed by atoms with E-state index in [1.165, 1.54) is 0 Å². The van der Waals surface area contributed by atoms with Crippen molar-refractivity contribution in [3.63, 3.8) is 0 Å². The van der Waals surface area contributed by atoms with Gasteiger partial charge in [0.2, 0.25) is 23.6 Å². The Balaban J connectivity index is 2.35. The number of aliphatic carboxylic acids is 1. The number of carboxylic acids is 1. The van der Waals surface area contributed by atoms with Crippen molar-refractivity contribution in [2.24, 2.45) is 22.4 Å². The monoisotopic (exact) mass is 560 g/mol. The van der Waals surface area contributed by atoms with Crippen LogP contribution in [0.3, 0.4) is 0 Å². The van der Waals surface area contributed by atoms with Gasteiger partial charge in [-0.2, -0.15) is 0 Å². The van der Waals surface area contributed by atoms with Crippen LogP contribution in [0.5, 0.6) is 0 Å². The molecule has 0 radical (unpaired) electrons. The zero-order valence-corrected chi connectivity index (χ0v) is 22.8. The Morgan fingerprint density at radius 1 is 1.00 bits per heavy atom. The number of amides is 4. The molecule has 1 aliphatic rings. The van der Waals surface area contributed by atoms with Crippen molar-refractivity contribution < 1.29 is 29.1 Å². The Bertz CT molecular complexity index is 1060. The Labute approximate surface area is 233 Å².